The maximum atomic E-state index is 13.9. The summed E-state index contributed by atoms with van der Waals surface area (Å²) in [4.78, 5) is 1.36. The van der Waals surface area contributed by atoms with Gasteiger partial charge in [-0.1, -0.05) is 12.1 Å². The van der Waals surface area contributed by atoms with Crippen LogP contribution in [0.15, 0.2) is 52.3 Å². The van der Waals surface area contributed by atoms with E-state index < -0.39 is 21.8 Å². The second-order valence-electron chi connectivity index (χ2n) is 5.91. The molecule has 0 bridgehead atoms. The Labute approximate surface area is 151 Å². The minimum Gasteiger partial charge on any atom is -0.497 e. The predicted octanol–water partition coefficient (Wildman–Crippen LogP) is 2.88. The monoisotopic (exact) mass is 382 g/mol. The highest BCUT2D eigenvalue weighted by atomic mass is 32.2. The minimum atomic E-state index is -4.11. The quantitative estimate of drug-likeness (QED) is 0.862. The molecule has 0 amide bonds. The number of alkyl halides is 2. The van der Waals surface area contributed by atoms with E-state index in [1.165, 1.54) is 37.4 Å². The lowest BCUT2D eigenvalue weighted by Gasteiger charge is -2.31. The van der Waals surface area contributed by atoms with Gasteiger partial charge in [0, 0.05) is 31.9 Å². The molecule has 0 aromatic heterocycles. The van der Waals surface area contributed by atoms with Gasteiger partial charge < -0.3 is 15.0 Å². The lowest BCUT2D eigenvalue weighted by Crippen LogP contribution is -2.44. The molecule has 140 valence electrons. The molecule has 1 fully saturated rings. The standard InChI is InChI=1S/C18H20F2N2O3S/c1-25-13-4-2-5-14(12-13)26(23,24)16-7-3-6-15(17(16)18(19)20)22-10-8-21-9-11-22/h2-7,12,18,21H,8-11H2,1H3. The van der Waals surface area contributed by atoms with Crippen molar-refractivity contribution < 1.29 is 21.9 Å². The second-order valence-corrected chi connectivity index (χ2v) is 7.83. The van der Waals surface area contributed by atoms with Crippen molar-refractivity contribution in [1.82, 2.24) is 5.32 Å². The topological polar surface area (TPSA) is 58.6 Å². The number of rotatable bonds is 5. The zero-order valence-electron chi connectivity index (χ0n) is 14.3. The third-order valence-electron chi connectivity index (χ3n) is 4.36. The number of sulfone groups is 1. The Morgan fingerprint density at radius 3 is 2.46 bits per heavy atom. The van der Waals surface area contributed by atoms with E-state index in [0.717, 1.165) is 0 Å². The van der Waals surface area contributed by atoms with Gasteiger partial charge in [-0.05, 0) is 30.3 Å². The molecule has 1 saturated heterocycles. The van der Waals surface area contributed by atoms with E-state index >= 15 is 0 Å². The third-order valence-corrected chi connectivity index (χ3v) is 6.17. The number of nitrogens with one attached hydrogen (secondary N) is 1. The number of benzene rings is 2. The Kier molecular flexibility index (Phi) is 5.43. The first-order chi connectivity index (χ1) is 12.4. The van der Waals surface area contributed by atoms with Gasteiger partial charge in [-0.15, -0.1) is 0 Å². The molecule has 2 aromatic rings. The summed E-state index contributed by atoms with van der Waals surface area (Å²) in [6, 6.07) is 10.1. The molecule has 0 aliphatic carbocycles. The first kappa shape index (κ1) is 18.6. The molecule has 0 unspecified atom stereocenters. The van der Waals surface area contributed by atoms with Gasteiger partial charge >= 0.3 is 0 Å². The molecule has 0 atom stereocenters. The minimum absolute atomic E-state index is 0.0730. The van der Waals surface area contributed by atoms with Crippen LogP contribution in [0.1, 0.15) is 12.0 Å². The third kappa shape index (κ3) is 3.52. The summed E-state index contributed by atoms with van der Waals surface area (Å²) in [5.74, 6) is 0.350. The number of methoxy groups -OCH3 is 1. The van der Waals surface area contributed by atoms with Gasteiger partial charge in [0.2, 0.25) is 9.84 Å². The Bertz CT molecular complexity index is 882. The molecule has 1 heterocycles. The molecular formula is C18H20F2N2O3S. The van der Waals surface area contributed by atoms with E-state index in [1.54, 1.807) is 17.0 Å². The number of piperazine rings is 1. The first-order valence-electron chi connectivity index (χ1n) is 8.21. The van der Waals surface area contributed by atoms with E-state index in [-0.39, 0.29) is 15.5 Å². The van der Waals surface area contributed by atoms with E-state index in [2.05, 4.69) is 5.32 Å². The zero-order chi connectivity index (χ0) is 18.7. The average molecular weight is 382 g/mol. The van der Waals surface area contributed by atoms with Gasteiger partial charge in [0.15, 0.2) is 0 Å². The summed E-state index contributed by atoms with van der Waals surface area (Å²) in [6.45, 7) is 2.41. The van der Waals surface area contributed by atoms with Gasteiger partial charge in [0.05, 0.1) is 22.5 Å². The van der Waals surface area contributed by atoms with Crippen molar-refractivity contribution in [3.05, 3.63) is 48.0 Å². The van der Waals surface area contributed by atoms with Crippen LogP contribution in [-0.4, -0.2) is 41.7 Å². The van der Waals surface area contributed by atoms with Crippen molar-refractivity contribution in [1.29, 1.82) is 0 Å². The van der Waals surface area contributed by atoms with Gasteiger partial charge in [0.25, 0.3) is 6.43 Å². The van der Waals surface area contributed by atoms with Crippen LogP contribution in [0.3, 0.4) is 0 Å². The fourth-order valence-electron chi connectivity index (χ4n) is 3.06. The lowest BCUT2D eigenvalue weighted by molar-refractivity contribution is 0.148. The van der Waals surface area contributed by atoms with Crippen LogP contribution in [-0.2, 0) is 9.84 Å². The molecule has 1 N–H and O–H groups in total. The zero-order valence-corrected chi connectivity index (χ0v) is 15.1. The highest BCUT2D eigenvalue weighted by Gasteiger charge is 2.30. The molecule has 8 heteroatoms. The number of ether oxygens (including phenoxy) is 1. The summed E-state index contributed by atoms with van der Waals surface area (Å²) in [6.07, 6.45) is -2.91. The normalized spacial score (nSPS) is 15.3. The highest BCUT2D eigenvalue weighted by Crippen LogP contribution is 2.38. The average Bonchev–Trinajstić information content (AvgIpc) is 2.68. The Hall–Kier alpha value is -2.19. The molecule has 5 nitrogen and oxygen atoms in total. The molecule has 3 rings (SSSR count). The van der Waals surface area contributed by atoms with E-state index in [9.17, 15) is 17.2 Å². The van der Waals surface area contributed by atoms with Crippen molar-refractivity contribution in [2.45, 2.75) is 16.2 Å². The lowest BCUT2D eigenvalue weighted by atomic mass is 10.1. The molecule has 2 aromatic carbocycles. The van der Waals surface area contributed by atoms with Crippen LogP contribution in [0.5, 0.6) is 5.75 Å². The van der Waals surface area contributed by atoms with Crippen molar-refractivity contribution in [2.75, 3.05) is 38.2 Å². The Balaban J connectivity index is 2.14. The molecule has 26 heavy (non-hydrogen) atoms. The predicted molar refractivity (Wildman–Crippen MR) is 94.9 cm³/mol. The summed E-state index contributed by atoms with van der Waals surface area (Å²) in [7, 11) is -2.69. The summed E-state index contributed by atoms with van der Waals surface area (Å²) >= 11 is 0. The largest absolute Gasteiger partial charge is 0.497 e. The summed E-state index contributed by atoms with van der Waals surface area (Å²) < 4.78 is 58.9. The number of halogens is 2. The van der Waals surface area contributed by atoms with Gasteiger partial charge in [-0.3, -0.25) is 0 Å². The van der Waals surface area contributed by atoms with Crippen molar-refractivity contribution in [2.24, 2.45) is 0 Å². The number of hydrogen-bond donors (Lipinski definition) is 1. The number of hydrogen-bond acceptors (Lipinski definition) is 5. The fraction of sp³-hybridized carbons (Fsp3) is 0.333. The molecule has 0 radical (unpaired) electrons. The summed E-state index contributed by atoms with van der Waals surface area (Å²) in [5, 5.41) is 3.16. The first-order valence-corrected chi connectivity index (χ1v) is 9.69. The van der Waals surface area contributed by atoms with Crippen LogP contribution >= 0.6 is 0 Å². The van der Waals surface area contributed by atoms with Gasteiger partial charge in [-0.2, -0.15) is 0 Å². The SMILES string of the molecule is COc1cccc(S(=O)(=O)c2cccc(N3CCNCC3)c2C(F)F)c1. The molecule has 1 aliphatic heterocycles. The molecule has 0 spiro atoms. The van der Waals surface area contributed by atoms with Gasteiger partial charge in [0.1, 0.15) is 5.75 Å². The van der Waals surface area contributed by atoms with E-state index in [4.69, 9.17) is 4.74 Å². The van der Waals surface area contributed by atoms with E-state index in [1.807, 2.05) is 0 Å². The van der Waals surface area contributed by atoms with Crippen molar-refractivity contribution in [3.8, 4) is 5.75 Å². The maximum absolute atomic E-state index is 13.9. The Morgan fingerprint density at radius 1 is 1.12 bits per heavy atom. The maximum Gasteiger partial charge on any atom is 0.267 e. The Morgan fingerprint density at radius 2 is 1.81 bits per heavy atom. The van der Waals surface area contributed by atoms with Crippen LogP contribution in [0.25, 0.3) is 0 Å². The van der Waals surface area contributed by atoms with E-state index in [0.29, 0.717) is 31.9 Å². The van der Waals surface area contributed by atoms with Gasteiger partial charge in [-0.25, -0.2) is 17.2 Å². The summed E-state index contributed by atoms with van der Waals surface area (Å²) in [5.41, 5.74) is -0.178. The molecule has 1 aliphatic rings. The number of nitrogens with zero attached hydrogens (tertiary/aromatic N) is 1. The van der Waals surface area contributed by atoms with Crippen LogP contribution in [0.4, 0.5) is 14.5 Å². The van der Waals surface area contributed by atoms with Crippen LogP contribution < -0.4 is 15.0 Å². The molecule has 0 saturated carbocycles. The number of anilines is 1. The van der Waals surface area contributed by atoms with Crippen LogP contribution in [0, 0.1) is 0 Å². The molecular weight excluding hydrogens is 362 g/mol. The van der Waals surface area contributed by atoms with Crippen molar-refractivity contribution in [3.63, 3.8) is 0 Å². The van der Waals surface area contributed by atoms with Crippen molar-refractivity contribution >= 4 is 15.5 Å². The highest BCUT2D eigenvalue weighted by molar-refractivity contribution is 7.91. The second kappa shape index (κ2) is 7.59. The smallest absolute Gasteiger partial charge is 0.267 e. The van der Waals surface area contributed by atoms with Crippen LogP contribution in [0.2, 0.25) is 0 Å². The fourth-order valence-corrected chi connectivity index (χ4v) is 4.59.